The third kappa shape index (κ3) is 4.58. The largest absolute Gasteiger partial charge is 0.489 e. The molecule has 3 aromatic rings. The van der Waals surface area contributed by atoms with Crippen LogP contribution >= 0.6 is 0 Å². The summed E-state index contributed by atoms with van der Waals surface area (Å²) in [5.41, 5.74) is 2.12. The molecule has 0 aliphatic carbocycles. The number of ether oxygens (including phenoxy) is 1. The van der Waals surface area contributed by atoms with Crippen LogP contribution in [0.4, 0.5) is 4.39 Å². The summed E-state index contributed by atoms with van der Waals surface area (Å²) in [6.07, 6.45) is 0. The molecule has 0 heterocycles. The standard InChI is InChI=1S/C22H24FNO/c1-22(2,3)24-14-20-19-7-5-4-6-17(19)10-13-21(20)25-15-16-8-11-18(23)12-9-16/h4-13,24H,14-15H2,1-3H3. The number of halogens is 1. The Morgan fingerprint density at radius 2 is 1.64 bits per heavy atom. The summed E-state index contributed by atoms with van der Waals surface area (Å²) in [6, 6.07) is 18.9. The molecule has 0 aliphatic heterocycles. The number of rotatable bonds is 5. The smallest absolute Gasteiger partial charge is 0.124 e. The zero-order valence-corrected chi connectivity index (χ0v) is 15.0. The van der Waals surface area contributed by atoms with Crippen molar-refractivity contribution in [2.75, 3.05) is 0 Å². The highest BCUT2D eigenvalue weighted by molar-refractivity contribution is 5.87. The summed E-state index contributed by atoms with van der Waals surface area (Å²) in [5.74, 6) is 0.629. The van der Waals surface area contributed by atoms with Gasteiger partial charge in [0.25, 0.3) is 0 Å². The van der Waals surface area contributed by atoms with E-state index >= 15 is 0 Å². The summed E-state index contributed by atoms with van der Waals surface area (Å²) >= 11 is 0. The van der Waals surface area contributed by atoms with E-state index in [1.807, 2.05) is 18.2 Å². The molecule has 3 aromatic carbocycles. The van der Waals surface area contributed by atoms with Gasteiger partial charge in [0.1, 0.15) is 18.2 Å². The van der Waals surface area contributed by atoms with Gasteiger partial charge in [0, 0.05) is 17.6 Å². The maximum Gasteiger partial charge on any atom is 0.124 e. The van der Waals surface area contributed by atoms with E-state index in [4.69, 9.17) is 4.74 Å². The highest BCUT2D eigenvalue weighted by Crippen LogP contribution is 2.29. The molecule has 0 aliphatic rings. The highest BCUT2D eigenvalue weighted by atomic mass is 19.1. The zero-order valence-electron chi connectivity index (χ0n) is 15.0. The molecule has 130 valence electrons. The number of fused-ring (bicyclic) bond motifs is 1. The van der Waals surface area contributed by atoms with Gasteiger partial charge in [-0.15, -0.1) is 0 Å². The van der Waals surface area contributed by atoms with Crippen molar-refractivity contribution in [2.45, 2.75) is 39.5 Å². The molecular weight excluding hydrogens is 313 g/mol. The van der Waals surface area contributed by atoms with E-state index in [0.29, 0.717) is 6.61 Å². The molecule has 25 heavy (non-hydrogen) atoms. The lowest BCUT2D eigenvalue weighted by Gasteiger charge is -2.22. The van der Waals surface area contributed by atoms with Gasteiger partial charge in [0.15, 0.2) is 0 Å². The Morgan fingerprint density at radius 1 is 0.920 bits per heavy atom. The third-order valence-electron chi connectivity index (χ3n) is 4.10. The Hall–Kier alpha value is -2.39. The fraction of sp³-hybridized carbons (Fsp3) is 0.273. The first kappa shape index (κ1) is 17.4. The lowest BCUT2D eigenvalue weighted by Crippen LogP contribution is -2.35. The second-order valence-corrected chi connectivity index (χ2v) is 7.28. The van der Waals surface area contributed by atoms with Crippen molar-refractivity contribution in [3.8, 4) is 5.75 Å². The van der Waals surface area contributed by atoms with Crippen molar-refractivity contribution >= 4 is 10.8 Å². The topological polar surface area (TPSA) is 21.3 Å². The molecular formula is C22H24FNO. The van der Waals surface area contributed by atoms with Crippen molar-refractivity contribution in [2.24, 2.45) is 0 Å². The van der Waals surface area contributed by atoms with Crippen LogP contribution in [0.5, 0.6) is 5.75 Å². The number of hydrogen-bond donors (Lipinski definition) is 1. The van der Waals surface area contributed by atoms with Crippen molar-refractivity contribution < 1.29 is 9.13 Å². The molecule has 0 saturated heterocycles. The Bertz CT molecular complexity index is 850. The van der Waals surface area contributed by atoms with E-state index in [2.05, 4.69) is 44.3 Å². The van der Waals surface area contributed by atoms with E-state index in [1.54, 1.807) is 12.1 Å². The van der Waals surface area contributed by atoms with Crippen LogP contribution in [0.25, 0.3) is 10.8 Å². The average molecular weight is 337 g/mol. The number of hydrogen-bond acceptors (Lipinski definition) is 2. The van der Waals surface area contributed by atoms with Crippen LogP contribution in [0, 0.1) is 5.82 Å². The highest BCUT2D eigenvalue weighted by Gasteiger charge is 2.14. The molecule has 3 rings (SSSR count). The lowest BCUT2D eigenvalue weighted by atomic mass is 10.0. The van der Waals surface area contributed by atoms with Crippen LogP contribution in [0.3, 0.4) is 0 Å². The van der Waals surface area contributed by atoms with Gasteiger partial charge < -0.3 is 10.1 Å². The van der Waals surface area contributed by atoms with Crippen LogP contribution in [0.15, 0.2) is 60.7 Å². The Morgan fingerprint density at radius 3 is 2.36 bits per heavy atom. The normalized spacial score (nSPS) is 11.7. The predicted octanol–water partition coefficient (Wildman–Crippen LogP) is 5.45. The van der Waals surface area contributed by atoms with Crippen LogP contribution in [0.2, 0.25) is 0 Å². The summed E-state index contributed by atoms with van der Waals surface area (Å²) < 4.78 is 19.1. The summed E-state index contributed by atoms with van der Waals surface area (Å²) in [5, 5.41) is 5.93. The monoisotopic (exact) mass is 337 g/mol. The molecule has 1 N–H and O–H groups in total. The number of nitrogens with one attached hydrogen (secondary N) is 1. The maximum absolute atomic E-state index is 13.1. The molecule has 0 spiro atoms. The fourth-order valence-electron chi connectivity index (χ4n) is 2.73. The number of benzene rings is 3. The van der Waals surface area contributed by atoms with Gasteiger partial charge in [-0.05, 0) is 55.3 Å². The van der Waals surface area contributed by atoms with Gasteiger partial charge in [-0.3, -0.25) is 0 Å². The Kier molecular flexibility index (Phi) is 5.05. The van der Waals surface area contributed by atoms with E-state index in [-0.39, 0.29) is 11.4 Å². The molecule has 0 aromatic heterocycles. The van der Waals surface area contributed by atoms with Gasteiger partial charge in [-0.2, -0.15) is 0 Å². The first-order valence-electron chi connectivity index (χ1n) is 8.55. The second kappa shape index (κ2) is 7.24. The quantitative estimate of drug-likeness (QED) is 0.669. The van der Waals surface area contributed by atoms with Gasteiger partial charge in [0.2, 0.25) is 0 Å². The van der Waals surface area contributed by atoms with Gasteiger partial charge >= 0.3 is 0 Å². The van der Waals surface area contributed by atoms with E-state index < -0.39 is 0 Å². The zero-order chi connectivity index (χ0) is 17.9. The summed E-state index contributed by atoms with van der Waals surface area (Å²) in [7, 11) is 0. The minimum absolute atomic E-state index is 0.0190. The van der Waals surface area contributed by atoms with Crippen molar-refractivity contribution in [1.29, 1.82) is 0 Å². The molecule has 0 saturated carbocycles. The molecule has 0 radical (unpaired) electrons. The van der Waals surface area contributed by atoms with Crippen molar-refractivity contribution in [1.82, 2.24) is 5.32 Å². The molecule has 0 bridgehead atoms. The van der Waals surface area contributed by atoms with Crippen LogP contribution in [0.1, 0.15) is 31.9 Å². The summed E-state index contributed by atoms with van der Waals surface area (Å²) in [6.45, 7) is 7.59. The maximum atomic E-state index is 13.1. The summed E-state index contributed by atoms with van der Waals surface area (Å²) in [4.78, 5) is 0. The predicted molar refractivity (Wildman–Crippen MR) is 101 cm³/mol. The fourth-order valence-corrected chi connectivity index (χ4v) is 2.73. The SMILES string of the molecule is CC(C)(C)NCc1c(OCc2ccc(F)cc2)ccc2ccccc12. The second-order valence-electron chi connectivity index (χ2n) is 7.28. The minimum atomic E-state index is -0.232. The third-order valence-corrected chi connectivity index (χ3v) is 4.10. The van der Waals surface area contributed by atoms with Crippen LogP contribution in [-0.2, 0) is 13.2 Å². The van der Waals surface area contributed by atoms with E-state index in [9.17, 15) is 4.39 Å². The minimum Gasteiger partial charge on any atom is -0.489 e. The van der Waals surface area contributed by atoms with Crippen LogP contribution in [-0.4, -0.2) is 5.54 Å². The van der Waals surface area contributed by atoms with Crippen LogP contribution < -0.4 is 10.1 Å². The Labute approximate surface area is 148 Å². The van der Waals surface area contributed by atoms with Crippen molar-refractivity contribution in [3.05, 3.63) is 77.6 Å². The lowest BCUT2D eigenvalue weighted by molar-refractivity contribution is 0.300. The van der Waals surface area contributed by atoms with E-state index in [0.717, 1.165) is 23.4 Å². The van der Waals surface area contributed by atoms with Gasteiger partial charge in [-0.1, -0.05) is 42.5 Å². The molecule has 0 unspecified atom stereocenters. The molecule has 3 heteroatoms. The molecule has 0 amide bonds. The molecule has 0 atom stereocenters. The van der Waals surface area contributed by atoms with Gasteiger partial charge in [0.05, 0.1) is 0 Å². The van der Waals surface area contributed by atoms with Crippen molar-refractivity contribution in [3.63, 3.8) is 0 Å². The molecule has 2 nitrogen and oxygen atoms in total. The average Bonchev–Trinajstić information content (AvgIpc) is 2.59. The Balaban J connectivity index is 1.88. The first-order chi connectivity index (χ1) is 11.9. The van der Waals surface area contributed by atoms with E-state index in [1.165, 1.54) is 22.9 Å². The molecule has 0 fully saturated rings. The first-order valence-corrected chi connectivity index (χ1v) is 8.55. The van der Waals surface area contributed by atoms with Gasteiger partial charge in [-0.25, -0.2) is 4.39 Å².